The Hall–Kier alpha value is -3.17. The molecule has 0 spiro atoms. The fraction of sp³-hybridized carbons (Fsp3) is 0.520. The first-order chi connectivity index (χ1) is 16.6. The van der Waals surface area contributed by atoms with Crippen LogP contribution in [0.25, 0.3) is 0 Å². The van der Waals surface area contributed by atoms with Crippen molar-refractivity contribution in [3.8, 4) is 0 Å². The number of carbonyl (C=O) groups excluding carboxylic acids is 3. The fourth-order valence-corrected chi connectivity index (χ4v) is 5.14. The minimum Gasteiger partial charge on any atom is -0.340 e. The molecule has 2 heterocycles. The normalized spacial score (nSPS) is 20.7. The van der Waals surface area contributed by atoms with Crippen molar-refractivity contribution in [2.45, 2.75) is 70.0 Å². The summed E-state index contributed by atoms with van der Waals surface area (Å²) in [5.74, 6) is -1.57. The van der Waals surface area contributed by atoms with Gasteiger partial charge in [-0.3, -0.25) is 24.4 Å². The lowest BCUT2D eigenvalue weighted by Gasteiger charge is -2.29. The van der Waals surface area contributed by atoms with Gasteiger partial charge in [0.15, 0.2) is 0 Å². The number of benzene rings is 1. The molecular formula is C25H29F3N4O3. The molecule has 4 rings (SSSR count). The van der Waals surface area contributed by atoms with Crippen molar-refractivity contribution in [3.63, 3.8) is 0 Å². The monoisotopic (exact) mass is 490 g/mol. The van der Waals surface area contributed by atoms with Crippen LogP contribution in [0.4, 0.5) is 13.2 Å². The van der Waals surface area contributed by atoms with Gasteiger partial charge in [0.05, 0.1) is 23.2 Å². The number of alkyl halides is 3. The Balaban J connectivity index is 1.63. The molecule has 0 radical (unpaired) electrons. The number of amides is 3. The standard InChI is InChI=1S/C25H29F3N4O3/c1-3-32-22(34)14-24(23(32)35,16-8-7-9-17(12-16)25(26,27)28)13-21(33)31(2)15-20-18-10-5-4-6-11-19(18)29-30-20/h7-9,12H,3-6,10-11,13-15H2,1-2H3,(H,29,30)/t24-/m0/s1. The summed E-state index contributed by atoms with van der Waals surface area (Å²) in [7, 11) is 1.58. The number of halogens is 3. The van der Waals surface area contributed by atoms with Crippen molar-refractivity contribution in [2.24, 2.45) is 0 Å². The number of H-pyrrole nitrogens is 1. The minimum absolute atomic E-state index is 0.0250. The zero-order chi connectivity index (χ0) is 25.4. The number of carbonyl (C=O) groups is 3. The Morgan fingerprint density at radius 1 is 1.20 bits per heavy atom. The first-order valence-electron chi connectivity index (χ1n) is 11.9. The summed E-state index contributed by atoms with van der Waals surface area (Å²) in [5, 5.41) is 7.45. The van der Waals surface area contributed by atoms with E-state index in [1.807, 2.05) is 0 Å². The van der Waals surface area contributed by atoms with Crippen LogP contribution in [0.15, 0.2) is 24.3 Å². The highest BCUT2D eigenvalue weighted by Crippen LogP contribution is 2.42. The van der Waals surface area contributed by atoms with Crippen molar-refractivity contribution < 1.29 is 27.6 Å². The van der Waals surface area contributed by atoms with Gasteiger partial charge >= 0.3 is 6.18 Å². The molecule has 1 aromatic heterocycles. The highest BCUT2D eigenvalue weighted by molar-refractivity contribution is 6.10. The molecule has 1 aliphatic heterocycles. The van der Waals surface area contributed by atoms with E-state index in [2.05, 4.69) is 10.2 Å². The van der Waals surface area contributed by atoms with E-state index in [0.717, 1.165) is 66.1 Å². The Labute approximate surface area is 201 Å². The fourth-order valence-electron chi connectivity index (χ4n) is 5.14. The summed E-state index contributed by atoms with van der Waals surface area (Å²) in [6.07, 6.45) is -0.354. The number of imide groups is 1. The van der Waals surface area contributed by atoms with Gasteiger partial charge in [0.25, 0.3) is 0 Å². The second kappa shape index (κ2) is 9.47. The van der Waals surface area contributed by atoms with Crippen molar-refractivity contribution in [2.75, 3.05) is 13.6 Å². The predicted molar refractivity (Wildman–Crippen MR) is 121 cm³/mol. The molecule has 7 nitrogen and oxygen atoms in total. The zero-order valence-corrected chi connectivity index (χ0v) is 19.9. The smallest absolute Gasteiger partial charge is 0.340 e. The molecule has 35 heavy (non-hydrogen) atoms. The third-order valence-corrected chi connectivity index (χ3v) is 7.12. The van der Waals surface area contributed by atoms with Crippen LogP contribution >= 0.6 is 0 Å². The van der Waals surface area contributed by atoms with Crippen molar-refractivity contribution in [1.29, 1.82) is 0 Å². The molecule has 2 aliphatic rings. The van der Waals surface area contributed by atoms with E-state index in [1.165, 1.54) is 17.0 Å². The molecule has 1 aromatic carbocycles. The Kier molecular flexibility index (Phi) is 6.75. The quantitative estimate of drug-likeness (QED) is 0.494. The predicted octanol–water partition coefficient (Wildman–Crippen LogP) is 3.76. The van der Waals surface area contributed by atoms with Crippen LogP contribution in [-0.2, 0) is 45.4 Å². The number of aromatic amines is 1. The lowest BCUT2D eigenvalue weighted by Crippen LogP contribution is -2.42. The van der Waals surface area contributed by atoms with E-state index in [9.17, 15) is 27.6 Å². The second-order valence-electron chi connectivity index (χ2n) is 9.40. The van der Waals surface area contributed by atoms with Gasteiger partial charge in [0.1, 0.15) is 0 Å². The summed E-state index contributed by atoms with van der Waals surface area (Å²) in [5.41, 5.74) is 0.367. The van der Waals surface area contributed by atoms with E-state index < -0.39 is 41.3 Å². The van der Waals surface area contributed by atoms with Crippen molar-refractivity contribution in [1.82, 2.24) is 20.0 Å². The van der Waals surface area contributed by atoms with Crippen LogP contribution in [0, 0.1) is 0 Å². The largest absolute Gasteiger partial charge is 0.416 e. The number of fused-ring (bicyclic) bond motifs is 1. The van der Waals surface area contributed by atoms with E-state index in [0.29, 0.717) is 0 Å². The summed E-state index contributed by atoms with van der Waals surface area (Å²) >= 11 is 0. The summed E-state index contributed by atoms with van der Waals surface area (Å²) < 4.78 is 40.3. The molecule has 0 unspecified atom stereocenters. The van der Waals surface area contributed by atoms with E-state index in [4.69, 9.17) is 0 Å². The summed E-state index contributed by atoms with van der Waals surface area (Å²) in [6.45, 7) is 1.92. The van der Waals surface area contributed by atoms with Gasteiger partial charge < -0.3 is 4.90 Å². The molecule has 1 aliphatic carbocycles. The number of nitrogens with one attached hydrogen (secondary N) is 1. The molecule has 0 saturated carbocycles. The molecule has 1 saturated heterocycles. The van der Waals surface area contributed by atoms with Gasteiger partial charge in [0, 0.05) is 32.1 Å². The lowest BCUT2D eigenvalue weighted by atomic mass is 9.75. The van der Waals surface area contributed by atoms with Gasteiger partial charge in [-0.05, 0) is 49.8 Å². The van der Waals surface area contributed by atoms with Crippen molar-refractivity contribution >= 4 is 17.7 Å². The van der Waals surface area contributed by atoms with E-state index in [-0.39, 0.29) is 25.1 Å². The maximum Gasteiger partial charge on any atom is 0.416 e. The number of hydrogen-bond donors (Lipinski definition) is 1. The minimum atomic E-state index is -4.62. The third kappa shape index (κ3) is 4.70. The van der Waals surface area contributed by atoms with Crippen LogP contribution in [-0.4, -0.2) is 51.3 Å². The SMILES string of the molecule is CCN1C(=O)C[C@@](CC(=O)N(C)Cc2n[nH]c3c2CCCCC3)(c2cccc(C(F)(F)F)c2)C1=O. The van der Waals surface area contributed by atoms with Gasteiger partial charge in [0.2, 0.25) is 17.7 Å². The van der Waals surface area contributed by atoms with Gasteiger partial charge in [-0.25, -0.2) is 0 Å². The number of likely N-dealkylation sites (N-methyl/N-ethyl adjacent to an activating group) is 1. The lowest BCUT2D eigenvalue weighted by molar-refractivity contribution is -0.142. The van der Waals surface area contributed by atoms with Gasteiger partial charge in [-0.2, -0.15) is 18.3 Å². The number of aryl methyl sites for hydroxylation is 1. The summed E-state index contributed by atoms with van der Waals surface area (Å²) in [4.78, 5) is 41.8. The highest BCUT2D eigenvalue weighted by Gasteiger charge is 2.54. The van der Waals surface area contributed by atoms with Crippen LogP contribution in [0.3, 0.4) is 0 Å². The number of aromatic nitrogens is 2. The zero-order valence-electron chi connectivity index (χ0n) is 19.9. The summed E-state index contributed by atoms with van der Waals surface area (Å²) in [6, 6.07) is 4.39. The molecule has 188 valence electrons. The number of hydrogen-bond acceptors (Lipinski definition) is 4. The highest BCUT2D eigenvalue weighted by atomic mass is 19.4. The molecule has 1 fully saturated rings. The molecule has 1 atom stereocenters. The molecule has 3 amide bonds. The van der Waals surface area contributed by atoms with E-state index >= 15 is 0 Å². The maximum absolute atomic E-state index is 13.4. The Morgan fingerprint density at radius 2 is 1.94 bits per heavy atom. The molecule has 10 heteroatoms. The van der Waals surface area contributed by atoms with E-state index in [1.54, 1.807) is 14.0 Å². The van der Waals surface area contributed by atoms with Gasteiger partial charge in [-0.1, -0.05) is 24.6 Å². The molecule has 2 aromatic rings. The number of rotatable bonds is 6. The Bertz CT molecular complexity index is 1140. The third-order valence-electron chi connectivity index (χ3n) is 7.12. The molecule has 0 bridgehead atoms. The van der Waals surface area contributed by atoms with Gasteiger partial charge in [-0.15, -0.1) is 0 Å². The topological polar surface area (TPSA) is 86.4 Å². The molecular weight excluding hydrogens is 461 g/mol. The van der Waals surface area contributed by atoms with Crippen LogP contribution in [0.1, 0.15) is 67.1 Å². The Morgan fingerprint density at radius 3 is 2.63 bits per heavy atom. The molecule has 1 N–H and O–H groups in total. The van der Waals surface area contributed by atoms with Crippen LogP contribution in [0.2, 0.25) is 0 Å². The van der Waals surface area contributed by atoms with Crippen LogP contribution in [0.5, 0.6) is 0 Å². The first-order valence-corrected chi connectivity index (χ1v) is 11.9. The van der Waals surface area contributed by atoms with Crippen LogP contribution < -0.4 is 0 Å². The average Bonchev–Trinajstić information content (AvgIpc) is 3.18. The second-order valence-corrected chi connectivity index (χ2v) is 9.40. The first kappa shape index (κ1) is 24.9. The average molecular weight is 491 g/mol. The maximum atomic E-state index is 13.4. The van der Waals surface area contributed by atoms with Crippen molar-refractivity contribution in [3.05, 3.63) is 52.3 Å². The number of likely N-dealkylation sites (tertiary alicyclic amines) is 1. The number of nitrogens with zero attached hydrogens (tertiary/aromatic N) is 3.